The molecule has 21 heavy (non-hydrogen) atoms. The van der Waals surface area contributed by atoms with E-state index in [9.17, 15) is 46.1 Å². The molecule has 0 aliphatic rings. The number of carbonyl (C=O) groups is 2. The van der Waals surface area contributed by atoms with Gasteiger partial charge >= 0.3 is 29.1 Å². The van der Waals surface area contributed by atoms with Gasteiger partial charge in [-0.25, -0.2) is 0 Å². The van der Waals surface area contributed by atoms with Crippen molar-refractivity contribution in [1.29, 1.82) is 0 Å². The Labute approximate surface area is 125 Å². The van der Waals surface area contributed by atoms with Crippen molar-refractivity contribution in [2.75, 3.05) is 0 Å². The Morgan fingerprint density at radius 1 is 0.762 bits per heavy atom. The van der Waals surface area contributed by atoms with Crippen LogP contribution in [0.5, 0.6) is 0 Å². The third kappa shape index (κ3) is 14.7. The number of ketones is 2. The minimum atomic E-state index is -4.92. The van der Waals surface area contributed by atoms with Gasteiger partial charge in [0.05, 0.1) is 0 Å². The van der Waals surface area contributed by atoms with Gasteiger partial charge in [0.15, 0.2) is 11.6 Å². The number of carbonyl (C=O) groups excluding carboxylic acids is 2. The third-order valence-corrected chi connectivity index (χ3v) is 1.23. The molecule has 0 unspecified atom stereocenters. The van der Waals surface area contributed by atoms with E-state index in [4.69, 9.17) is 0 Å². The normalized spacial score (nSPS) is 12.8. The summed E-state index contributed by atoms with van der Waals surface area (Å²) in [7, 11) is 0. The second-order valence-corrected chi connectivity index (χ2v) is 3.23. The Bertz CT molecular complexity index is 382. The maximum atomic E-state index is 11.3. The van der Waals surface area contributed by atoms with E-state index in [1.807, 2.05) is 0 Å². The molecule has 4 nitrogen and oxygen atoms in total. The van der Waals surface area contributed by atoms with E-state index in [1.165, 1.54) is 0 Å². The second-order valence-electron chi connectivity index (χ2n) is 3.23. The van der Waals surface area contributed by atoms with Gasteiger partial charge in [-0.3, -0.25) is 9.59 Å². The van der Waals surface area contributed by atoms with Gasteiger partial charge in [0.1, 0.15) is 0 Å². The van der Waals surface area contributed by atoms with Crippen molar-refractivity contribution in [2.24, 2.45) is 0 Å². The van der Waals surface area contributed by atoms with Crippen molar-refractivity contribution in [2.45, 2.75) is 26.2 Å². The first-order valence-corrected chi connectivity index (χ1v) is 4.61. The SMILES string of the molecule is CC(=O)/C=C(/[O-])C(F)(F)F.CC(=O)/C=C(\[O-])C(F)(F)F.[Co+2]. The summed E-state index contributed by atoms with van der Waals surface area (Å²) >= 11 is 0. The van der Waals surface area contributed by atoms with Crippen LogP contribution in [-0.2, 0) is 26.4 Å². The molecule has 0 bridgehead atoms. The fourth-order valence-electron chi connectivity index (χ4n) is 0.533. The molecule has 0 aromatic rings. The van der Waals surface area contributed by atoms with Gasteiger partial charge in [0, 0.05) is 0 Å². The zero-order chi connectivity index (χ0) is 16.7. The van der Waals surface area contributed by atoms with Crippen molar-refractivity contribution in [1.82, 2.24) is 0 Å². The van der Waals surface area contributed by atoms with Gasteiger partial charge in [-0.15, -0.1) is 0 Å². The number of alkyl halides is 6. The summed E-state index contributed by atoms with van der Waals surface area (Å²) in [6.07, 6.45) is -9.82. The average Bonchev–Trinajstić information content (AvgIpc) is 2.13. The minimum absolute atomic E-state index is 0. The fourth-order valence-corrected chi connectivity index (χ4v) is 0.533. The van der Waals surface area contributed by atoms with Crippen molar-refractivity contribution in [3.8, 4) is 0 Å². The quantitative estimate of drug-likeness (QED) is 0.411. The van der Waals surface area contributed by atoms with E-state index < -0.39 is 35.4 Å². The Balaban J connectivity index is -0.000000295. The van der Waals surface area contributed by atoms with Gasteiger partial charge < -0.3 is 10.2 Å². The Hall–Kier alpha value is -1.49. The molecule has 123 valence electrons. The Morgan fingerprint density at radius 2 is 0.952 bits per heavy atom. The predicted molar refractivity (Wildman–Crippen MR) is 49.6 cm³/mol. The molecule has 11 heteroatoms. The van der Waals surface area contributed by atoms with Gasteiger partial charge in [0.25, 0.3) is 0 Å². The van der Waals surface area contributed by atoms with Crippen LogP contribution in [-0.4, -0.2) is 23.9 Å². The van der Waals surface area contributed by atoms with Crippen LogP contribution < -0.4 is 10.2 Å². The second kappa shape index (κ2) is 9.44. The summed E-state index contributed by atoms with van der Waals surface area (Å²) in [6.45, 7) is 1.76. The van der Waals surface area contributed by atoms with Gasteiger partial charge in [-0.2, -0.15) is 26.3 Å². The molecule has 0 atom stereocenters. The van der Waals surface area contributed by atoms with Crippen LogP contribution in [0.15, 0.2) is 23.7 Å². The van der Waals surface area contributed by atoms with Crippen LogP contribution in [0.2, 0.25) is 0 Å². The first kappa shape index (κ1) is 24.5. The molecule has 0 rings (SSSR count). The van der Waals surface area contributed by atoms with Crippen molar-refractivity contribution in [3.05, 3.63) is 23.7 Å². The summed E-state index contributed by atoms with van der Waals surface area (Å²) in [5.41, 5.74) is 0. The molecule has 0 aromatic heterocycles. The van der Waals surface area contributed by atoms with Crippen LogP contribution in [0.4, 0.5) is 26.3 Å². The van der Waals surface area contributed by atoms with E-state index in [-0.39, 0.29) is 28.9 Å². The Morgan fingerprint density at radius 3 is 1.00 bits per heavy atom. The summed E-state index contributed by atoms with van der Waals surface area (Å²) in [5.74, 6) is -6.02. The fraction of sp³-hybridized carbons (Fsp3) is 0.400. The van der Waals surface area contributed by atoms with Crippen LogP contribution >= 0.6 is 0 Å². The first-order valence-electron chi connectivity index (χ1n) is 4.61. The molecule has 0 aliphatic heterocycles. The molecule has 0 saturated heterocycles. The molecule has 0 heterocycles. The number of allylic oxidation sites excluding steroid dienone is 4. The van der Waals surface area contributed by atoms with E-state index in [2.05, 4.69) is 0 Å². The zero-order valence-electron chi connectivity index (χ0n) is 10.4. The number of hydrogen-bond donors (Lipinski definition) is 0. The van der Waals surface area contributed by atoms with Gasteiger partial charge in [-0.1, -0.05) is 0 Å². The molecule has 0 aromatic carbocycles. The molecular formula is C10H8CoF6O4. The largest absolute Gasteiger partial charge is 2.00 e. The van der Waals surface area contributed by atoms with Crippen molar-refractivity contribution >= 4 is 11.6 Å². The maximum absolute atomic E-state index is 11.3. The number of rotatable bonds is 2. The van der Waals surface area contributed by atoms with E-state index in [0.717, 1.165) is 13.8 Å². The molecule has 0 N–H and O–H groups in total. The first-order chi connectivity index (χ1) is 8.67. The molecule has 0 spiro atoms. The minimum Gasteiger partial charge on any atom is -0.869 e. The van der Waals surface area contributed by atoms with Crippen LogP contribution in [0.25, 0.3) is 0 Å². The zero-order valence-corrected chi connectivity index (χ0v) is 11.4. The van der Waals surface area contributed by atoms with Gasteiger partial charge in [-0.05, 0) is 37.5 Å². The molecule has 0 fully saturated rings. The van der Waals surface area contributed by atoms with Crippen molar-refractivity contribution < 1.29 is 62.9 Å². The molecule has 0 amide bonds. The molecule has 0 aliphatic carbocycles. The molecular weight excluding hydrogens is 357 g/mol. The van der Waals surface area contributed by atoms with Crippen molar-refractivity contribution in [3.63, 3.8) is 0 Å². The standard InChI is InChI=1S/2C5H5F3O2.Co/c2*1-3(9)2-4(10)5(6,7)8;/h2*2,10H,1H3;/q;;+2/p-2/b4-2+;4-2-;. The van der Waals surface area contributed by atoms with E-state index >= 15 is 0 Å². The van der Waals surface area contributed by atoms with E-state index in [0.29, 0.717) is 0 Å². The molecule has 0 saturated carbocycles. The van der Waals surface area contributed by atoms with Crippen LogP contribution in [0.1, 0.15) is 13.8 Å². The van der Waals surface area contributed by atoms with Crippen LogP contribution in [0.3, 0.4) is 0 Å². The number of hydrogen-bond acceptors (Lipinski definition) is 4. The number of halogens is 6. The summed E-state index contributed by atoms with van der Waals surface area (Å²) in [4.78, 5) is 19.8. The summed E-state index contributed by atoms with van der Waals surface area (Å²) in [6, 6.07) is 0. The Kier molecular flexibility index (Phi) is 11.0. The summed E-state index contributed by atoms with van der Waals surface area (Å²) in [5, 5.41) is 19.7. The summed E-state index contributed by atoms with van der Waals surface area (Å²) < 4.78 is 67.7. The van der Waals surface area contributed by atoms with Crippen LogP contribution in [0, 0.1) is 0 Å². The van der Waals surface area contributed by atoms with Gasteiger partial charge in [0.2, 0.25) is 0 Å². The average molecular weight is 365 g/mol. The van der Waals surface area contributed by atoms with E-state index in [1.54, 1.807) is 0 Å². The maximum Gasteiger partial charge on any atom is 2.00 e. The predicted octanol–water partition coefficient (Wildman–Crippen LogP) is 0.761. The molecule has 1 radical (unpaired) electrons. The third-order valence-electron chi connectivity index (χ3n) is 1.23. The smallest absolute Gasteiger partial charge is 0.869 e. The topological polar surface area (TPSA) is 80.3 Å². The monoisotopic (exact) mass is 365 g/mol.